The molecule has 0 aromatic rings. The highest BCUT2D eigenvalue weighted by atomic mass is 16.3. The Labute approximate surface area is 90.3 Å². The second kappa shape index (κ2) is 6.35. The monoisotopic (exact) mass is 213 g/mol. The molecule has 0 aromatic heterocycles. The lowest BCUT2D eigenvalue weighted by Crippen LogP contribution is -2.18. The summed E-state index contributed by atoms with van der Waals surface area (Å²) in [5.74, 6) is -0.0932. The molecule has 0 aliphatic rings. The van der Waals surface area contributed by atoms with Crippen molar-refractivity contribution in [3.05, 3.63) is 11.3 Å². The molecule has 0 saturated heterocycles. The van der Waals surface area contributed by atoms with Crippen LogP contribution in [0.15, 0.2) is 16.3 Å². The number of allylic oxidation sites excluding steroid dienone is 2. The molecule has 0 fully saturated rings. The first-order chi connectivity index (χ1) is 6.90. The van der Waals surface area contributed by atoms with Crippen LogP contribution in [0, 0.1) is 5.92 Å². The Hall–Kier alpha value is -1.16. The second-order valence-corrected chi connectivity index (χ2v) is 3.83. The highest BCUT2D eigenvalue weighted by Crippen LogP contribution is 2.07. The molecule has 0 aliphatic heterocycles. The number of rotatable bonds is 5. The van der Waals surface area contributed by atoms with Crippen LogP contribution in [0.3, 0.4) is 0 Å². The predicted molar refractivity (Wildman–Crippen MR) is 60.2 cm³/mol. The molecule has 4 heteroatoms. The van der Waals surface area contributed by atoms with E-state index in [4.69, 9.17) is 5.11 Å². The summed E-state index contributed by atoms with van der Waals surface area (Å²) in [6.07, 6.45) is 1.33. The van der Waals surface area contributed by atoms with Crippen molar-refractivity contribution in [1.82, 2.24) is 0 Å². The van der Waals surface area contributed by atoms with Crippen molar-refractivity contribution in [3.63, 3.8) is 0 Å². The van der Waals surface area contributed by atoms with Crippen LogP contribution in [0.4, 0.5) is 0 Å². The van der Waals surface area contributed by atoms with Gasteiger partial charge in [0, 0.05) is 6.21 Å². The van der Waals surface area contributed by atoms with Gasteiger partial charge in [0.15, 0.2) is 5.78 Å². The van der Waals surface area contributed by atoms with Crippen molar-refractivity contribution in [2.24, 2.45) is 10.9 Å². The zero-order chi connectivity index (χ0) is 12.0. The van der Waals surface area contributed by atoms with Crippen molar-refractivity contribution in [2.45, 2.75) is 33.7 Å². The molecular formula is C11H19NO3. The molecule has 2 N–H and O–H groups in total. The van der Waals surface area contributed by atoms with Crippen LogP contribution >= 0.6 is 0 Å². The maximum absolute atomic E-state index is 11.1. The number of aliphatic hydroxyl groups is 2. The topological polar surface area (TPSA) is 69.9 Å². The fourth-order valence-corrected chi connectivity index (χ4v) is 1.04. The van der Waals surface area contributed by atoms with Gasteiger partial charge >= 0.3 is 0 Å². The largest absolute Gasteiger partial charge is 0.512 e. The Balaban J connectivity index is 4.75. The Kier molecular flexibility index (Phi) is 5.86. The van der Waals surface area contributed by atoms with Gasteiger partial charge in [-0.1, -0.05) is 13.8 Å². The maximum atomic E-state index is 11.1. The lowest BCUT2D eigenvalue weighted by Gasteiger charge is -2.12. The molecule has 0 saturated carbocycles. The van der Waals surface area contributed by atoms with E-state index >= 15 is 0 Å². The van der Waals surface area contributed by atoms with Crippen molar-refractivity contribution < 1.29 is 15.0 Å². The molecule has 0 amide bonds. The zero-order valence-corrected chi connectivity index (χ0v) is 9.69. The third-order valence-electron chi connectivity index (χ3n) is 2.12. The van der Waals surface area contributed by atoms with E-state index in [1.54, 1.807) is 0 Å². The average Bonchev–Trinajstić information content (AvgIpc) is 2.10. The fraction of sp³-hybridized carbons (Fsp3) is 0.636. The summed E-state index contributed by atoms with van der Waals surface area (Å²) < 4.78 is 0. The second-order valence-electron chi connectivity index (χ2n) is 3.83. The first-order valence-electron chi connectivity index (χ1n) is 4.95. The molecule has 0 spiro atoms. The Morgan fingerprint density at radius 1 is 1.40 bits per heavy atom. The summed E-state index contributed by atoms with van der Waals surface area (Å²) >= 11 is 0. The summed E-state index contributed by atoms with van der Waals surface area (Å²) in [5, 5.41) is 18.2. The third kappa shape index (κ3) is 4.74. The van der Waals surface area contributed by atoms with Gasteiger partial charge in [-0.25, -0.2) is 0 Å². The van der Waals surface area contributed by atoms with Gasteiger partial charge in [-0.3, -0.25) is 9.79 Å². The summed E-state index contributed by atoms with van der Waals surface area (Å²) in [7, 11) is 0. The van der Waals surface area contributed by atoms with Gasteiger partial charge in [-0.2, -0.15) is 0 Å². The van der Waals surface area contributed by atoms with E-state index in [0.29, 0.717) is 0 Å². The molecule has 0 rings (SSSR count). The van der Waals surface area contributed by atoms with E-state index in [-0.39, 0.29) is 35.7 Å². The summed E-state index contributed by atoms with van der Waals surface area (Å²) in [4.78, 5) is 15.2. The summed E-state index contributed by atoms with van der Waals surface area (Å²) in [6.45, 7) is 6.60. The standard InChI is InChI=1S/C11H19NO3/c1-7(2)11(6-13)12-5-10(8(3)14)9(4)15/h5,7,11,13-14H,6H2,1-4H3/b10-8+,12-5?/t11-/m1/s1. The lowest BCUT2D eigenvalue weighted by molar-refractivity contribution is -0.113. The van der Waals surface area contributed by atoms with Crippen molar-refractivity contribution in [2.75, 3.05) is 6.61 Å². The minimum absolute atomic E-state index is 0.0494. The molecule has 1 atom stereocenters. The summed E-state index contributed by atoms with van der Waals surface area (Å²) in [5.41, 5.74) is 0.189. The minimum atomic E-state index is -0.237. The Morgan fingerprint density at radius 3 is 2.20 bits per heavy atom. The Bertz CT molecular complexity index is 276. The van der Waals surface area contributed by atoms with E-state index < -0.39 is 0 Å². The van der Waals surface area contributed by atoms with Gasteiger partial charge < -0.3 is 10.2 Å². The first kappa shape index (κ1) is 13.8. The number of hydrogen-bond acceptors (Lipinski definition) is 4. The number of aliphatic hydroxyl groups excluding tert-OH is 2. The van der Waals surface area contributed by atoms with Crippen molar-refractivity contribution in [1.29, 1.82) is 0 Å². The average molecular weight is 213 g/mol. The normalized spacial score (nSPS) is 15.6. The van der Waals surface area contributed by atoms with Gasteiger partial charge in [0.2, 0.25) is 0 Å². The summed E-state index contributed by atoms with van der Waals surface area (Å²) in [6, 6.07) is -0.237. The number of nitrogens with zero attached hydrogens (tertiary/aromatic N) is 1. The molecule has 0 bridgehead atoms. The molecule has 4 nitrogen and oxygen atoms in total. The minimum Gasteiger partial charge on any atom is -0.512 e. The van der Waals surface area contributed by atoms with Gasteiger partial charge in [0.05, 0.1) is 18.2 Å². The maximum Gasteiger partial charge on any atom is 0.164 e. The number of ketones is 1. The molecule has 15 heavy (non-hydrogen) atoms. The quantitative estimate of drug-likeness (QED) is 0.413. The highest BCUT2D eigenvalue weighted by molar-refractivity contribution is 6.12. The third-order valence-corrected chi connectivity index (χ3v) is 2.12. The van der Waals surface area contributed by atoms with Crippen LogP contribution in [0.25, 0.3) is 0 Å². The molecule has 0 aliphatic carbocycles. The van der Waals surface area contributed by atoms with Crippen LogP contribution in [0.1, 0.15) is 27.7 Å². The van der Waals surface area contributed by atoms with Gasteiger partial charge in [0.25, 0.3) is 0 Å². The Morgan fingerprint density at radius 2 is 1.93 bits per heavy atom. The van der Waals surface area contributed by atoms with E-state index in [2.05, 4.69) is 4.99 Å². The van der Waals surface area contributed by atoms with Crippen LogP contribution in [0.5, 0.6) is 0 Å². The van der Waals surface area contributed by atoms with Crippen molar-refractivity contribution in [3.8, 4) is 0 Å². The molecular weight excluding hydrogens is 194 g/mol. The molecule has 0 aromatic carbocycles. The first-order valence-corrected chi connectivity index (χ1v) is 4.95. The fourth-order valence-electron chi connectivity index (χ4n) is 1.04. The van der Waals surface area contributed by atoms with E-state index in [9.17, 15) is 9.90 Å². The van der Waals surface area contributed by atoms with Crippen LogP contribution < -0.4 is 0 Å². The van der Waals surface area contributed by atoms with Crippen LogP contribution in [-0.2, 0) is 4.79 Å². The highest BCUT2D eigenvalue weighted by Gasteiger charge is 2.11. The molecule has 0 radical (unpaired) electrons. The predicted octanol–water partition coefficient (Wildman–Crippen LogP) is 1.50. The van der Waals surface area contributed by atoms with Gasteiger partial charge in [-0.05, 0) is 19.8 Å². The smallest absolute Gasteiger partial charge is 0.164 e. The lowest BCUT2D eigenvalue weighted by atomic mass is 10.1. The van der Waals surface area contributed by atoms with E-state index in [1.165, 1.54) is 20.1 Å². The number of Topliss-reactive ketones (excluding diaryl/α,β-unsaturated/α-hetero) is 1. The number of hydrogen-bond donors (Lipinski definition) is 2. The van der Waals surface area contributed by atoms with Crippen LogP contribution in [0.2, 0.25) is 0 Å². The van der Waals surface area contributed by atoms with Gasteiger partial charge in [0.1, 0.15) is 5.76 Å². The van der Waals surface area contributed by atoms with Crippen molar-refractivity contribution >= 4 is 12.0 Å². The van der Waals surface area contributed by atoms with E-state index in [0.717, 1.165) is 0 Å². The SMILES string of the molecule is CC(=O)/C(C=N[C@H](CO)C(C)C)=C(\C)O. The number of aliphatic imine (C=N–C) groups is 1. The van der Waals surface area contributed by atoms with Gasteiger partial charge in [-0.15, -0.1) is 0 Å². The molecule has 0 heterocycles. The van der Waals surface area contributed by atoms with E-state index in [1.807, 2.05) is 13.8 Å². The zero-order valence-electron chi connectivity index (χ0n) is 9.69. The number of carbonyl (C=O) groups excluding carboxylic acids is 1. The molecule has 0 unspecified atom stereocenters. The number of carbonyl (C=O) groups is 1. The molecule has 86 valence electrons. The van der Waals surface area contributed by atoms with Crippen LogP contribution in [-0.4, -0.2) is 34.9 Å².